The number of hydrogen-bond donors (Lipinski definition) is 2. The molecule has 1 atom stereocenters. The van der Waals surface area contributed by atoms with E-state index in [1.54, 1.807) is 7.05 Å². The Balaban J connectivity index is 1.51. The second-order valence-corrected chi connectivity index (χ2v) is 10.1. The molecule has 1 aliphatic carbocycles. The van der Waals surface area contributed by atoms with Gasteiger partial charge in [0.05, 0.1) is 5.69 Å². The third-order valence-corrected chi connectivity index (χ3v) is 6.99. The fraction of sp³-hybridized carbons (Fsp3) is 0.667. The molecule has 3 aliphatic rings. The molecule has 0 radical (unpaired) electrons. The van der Waals surface area contributed by atoms with Crippen LogP contribution in [0.4, 0.5) is 11.8 Å². The monoisotopic (exact) mass is 440 g/mol. The smallest absolute Gasteiger partial charge is 0.245 e. The molecule has 0 aromatic carbocycles. The summed E-state index contributed by atoms with van der Waals surface area (Å²) < 4.78 is 0. The number of hydrogen-bond acceptors (Lipinski definition) is 6. The summed E-state index contributed by atoms with van der Waals surface area (Å²) in [5.74, 6) is 2.21. The molecule has 1 spiro atoms. The SMILES string of the molecule is C=CC(=O)N1CC2(CCN(c3nc4c(c(N[C@H](CC(=O)NC)CC(C)C)n3)CCC4)C2)C1. The summed E-state index contributed by atoms with van der Waals surface area (Å²) in [5, 5.41) is 6.36. The Labute approximate surface area is 190 Å². The van der Waals surface area contributed by atoms with Crippen molar-refractivity contribution in [3.63, 3.8) is 0 Å². The number of nitrogens with one attached hydrogen (secondary N) is 2. The molecule has 1 aromatic rings. The average Bonchev–Trinajstić information content (AvgIpc) is 3.38. The van der Waals surface area contributed by atoms with Crippen molar-refractivity contribution in [3.8, 4) is 0 Å². The molecule has 2 aliphatic heterocycles. The highest BCUT2D eigenvalue weighted by Crippen LogP contribution is 2.41. The first kappa shape index (κ1) is 22.6. The third kappa shape index (κ3) is 4.59. The summed E-state index contributed by atoms with van der Waals surface area (Å²) in [6.07, 6.45) is 6.83. The van der Waals surface area contributed by atoms with Gasteiger partial charge in [-0.1, -0.05) is 20.4 Å². The predicted molar refractivity (Wildman–Crippen MR) is 126 cm³/mol. The zero-order valence-corrected chi connectivity index (χ0v) is 19.6. The second kappa shape index (κ2) is 9.08. The number of aryl methyl sites for hydroxylation is 1. The van der Waals surface area contributed by atoms with Gasteiger partial charge in [0.1, 0.15) is 5.82 Å². The maximum atomic E-state index is 12.1. The molecule has 0 bridgehead atoms. The first-order chi connectivity index (χ1) is 15.3. The van der Waals surface area contributed by atoms with Gasteiger partial charge in [-0.3, -0.25) is 9.59 Å². The standard InChI is InChI=1S/C24H36N6O2/c1-5-21(32)30-14-24(15-30)9-10-29(13-24)23-27-19-8-6-7-18(19)22(28-23)26-17(11-16(2)3)12-20(31)25-4/h5,16-17H,1,6-15H2,2-4H3,(H,25,31)(H,26,27,28)/t17-/m0/s1. The van der Waals surface area contributed by atoms with Crippen molar-refractivity contribution in [2.45, 2.75) is 58.4 Å². The van der Waals surface area contributed by atoms with Gasteiger partial charge in [-0.15, -0.1) is 0 Å². The predicted octanol–water partition coefficient (Wildman–Crippen LogP) is 2.15. The van der Waals surface area contributed by atoms with E-state index in [1.807, 2.05) is 4.90 Å². The molecule has 1 aromatic heterocycles. The van der Waals surface area contributed by atoms with Gasteiger partial charge in [-0.05, 0) is 44.1 Å². The molecule has 8 nitrogen and oxygen atoms in total. The van der Waals surface area contributed by atoms with E-state index >= 15 is 0 Å². The van der Waals surface area contributed by atoms with Crippen LogP contribution >= 0.6 is 0 Å². The molecule has 0 unspecified atom stereocenters. The number of anilines is 2. The van der Waals surface area contributed by atoms with Gasteiger partial charge >= 0.3 is 0 Å². The zero-order chi connectivity index (χ0) is 22.9. The fourth-order valence-corrected chi connectivity index (χ4v) is 5.37. The summed E-state index contributed by atoms with van der Waals surface area (Å²) >= 11 is 0. The lowest BCUT2D eigenvalue weighted by Gasteiger charge is -2.47. The summed E-state index contributed by atoms with van der Waals surface area (Å²) in [6.45, 7) is 11.3. The molecule has 2 saturated heterocycles. The molecule has 32 heavy (non-hydrogen) atoms. The molecule has 8 heteroatoms. The van der Waals surface area contributed by atoms with Crippen LogP contribution in [0.25, 0.3) is 0 Å². The van der Waals surface area contributed by atoms with Gasteiger partial charge in [0.2, 0.25) is 17.8 Å². The fourth-order valence-electron chi connectivity index (χ4n) is 5.37. The Hall–Kier alpha value is -2.64. The number of fused-ring (bicyclic) bond motifs is 1. The highest BCUT2D eigenvalue weighted by molar-refractivity contribution is 5.87. The number of carbonyl (C=O) groups excluding carboxylic acids is 2. The molecule has 2 amide bonds. The number of likely N-dealkylation sites (tertiary alicyclic amines) is 1. The molecule has 3 heterocycles. The van der Waals surface area contributed by atoms with Crippen LogP contribution in [0.1, 0.15) is 50.8 Å². The summed E-state index contributed by atoms with van der Waals surface area (Å²) in [6, 6.07) is 0.0393. The third-order valence-electron chi connectivity index (χ3n) is 6.99. The number of rotatable bonds is 8. The first-order valence-electron chi connectivity index (χ1n) is 11.9. The van der Waals surface area contributed by atoms with E-state index in [0.717, 1.165) is 75.7 Å². The van der Waals surface area contributed by atoms with E-state index in [4.69, 9.17) is 9.97 Å². The van der Waals surface area contributed by atoms with E-state index in [2.05, 4.69) is 36.0 Å². The van der Waals surface area contributed by atoms with Crippen LogP contribution in [-0.2, 0) is 22.4 Å². The van der Waals surface area contributed by atoms with Crippen LogP contribution in [0.15, 0.2) is 12.7 Å². The topological polar surface area (TPSA) is 90.5 Å². The Kier molecular flexibility index (Phi) is 6.40. The van der Waals surface area contributed by atoms with E-state index in [-0.39, 0.29) is 23.3 Å². The minimum atomic E-state index is 0.0154. The van der Waals surface area contributed by atoms with Gasteiger partial charge < -0.3 is 20.4 Å². The molecule has 2 fully saturated rings. The first-order valence-corrected chi connectivity index (χ1v) is 11.9. The van der Waals surface area contributed by atoms with Crippen LogP contribution in [0.2, 0.25) is 0 Å². The summed E-state index contributed by atoms with van der Waals surface area (Å²) in [5.41, 5.74) is 2.49. The highest BCUT2D eigenvalue weighted by atomic mass is 16.2. The van der Waals surface area contributed by atoms with Crippen LogP contribution in [0, 0.1) is 11.3 Å². The van der Waals surface area contributed by atoms with Crippen molar-refractivity contribution in [3.05, 3.63) is 23.9 Å². The van der Waals surface area contributed by atoms with Crippen molar-refractivity contribution >= 4 is 23.6 Å². The van der Waals surface area contributed by atoms with E-state index < -0.39 is 0 Å². The van der Waals surface area contributed by atoms with Crippen LogP contribution in [0.5, 0.6) is 0 Å². The molecule has 0 saturated carbocycles. The molecule has 2 N–H and O–H groups in total. The van der Waals surface area contributed by atoms with E-state index in [9.17, 15) is 9.59 Å². The van der Waals surface area contributed by atoms with Gasteiger partial charge in [-0.25, -0.2) is 4.98 Å². The minimum absolute atomic E-state index is 0.0154. The maximum Gasteiger partial charge on any atom is 0.245 e. The van der Waals surface area contributed by atoms with Gasteiger partial charge in [0.15, 0.2) is 0 Å². The van der Waals surface area contributed by atoms with Crippen molar-refractivity contribution < 1.29 is 9.59 Å². The van der Waals surface area contributed by atoms with E-state index in [1.165, 1.54) is 11.6 Å². The lowest BCUT2D eigenvalue weighted by molar-refractivity contribution is -0.136. The van der Waals surface area contributed by atoms with Crippen molar-refractivity contribution in [1.82, 2.24) is 20.2 Å². The Morgan fingerprint density at radius 3 is 2.69 bits per heavy atom. The maximum absolute atomic E-state index is 12.1. The Morgan fingerprint density at radius 1 is 1.22 bits per heavy atom. The van der Waals surface area contributed by atoms with Crippen LogP contribution in [0.3, 0.4) is 0 Å². The average molecular weight is 441 g/mol. The lowest BCUT2D eigenvalue weighted by atomic mass is 9.79. The highest BCUT2D eigenvalue weighted by Gasteiger charge is 2.49. The molecule has 4 rings (SSSR count). The molecular weight excluding hydrogens is 404 g/mol. The number of aromatic nitrogens is 2. The van der Waals surface area contributed by atoms with Gasteiger partial charge in [-0.2, -0.15) is 4.98 Å². The Bertz CT molecular complexity index is 893. The lowest BCUT2D eigenvalue weighted by Crippen LogP contribution is -2.59. The quantitative estimate of drug-likeness (QED) is 0.602. The molecular formula is C24H36N6O2. The van der Waals surface area contributed by atoms with E-state index in [0.29, 0.717) is 12.3 Å². The molecule has 174 valence electrons. The largest absolute Gasteiger partial charge is 0.366 e. The van der Waals surface area contributed by atoms with Crippen molar-refractivity contribution in [1.29, 1.82) is 0 Å². The van der Waals surface area contributed by atoms with Crippen molar-refractivity contribution in [2.75, 3.05) is 43.4 Å². The number of amides is 2. The Morgan fingerprint density at radius 2 is 2.00 bits per heavy atom. The minimum Gasteiger partial charge on any atom is -0.366 e. The van der Waals surface area contributed by atoms with Crippen LogP contribution in [-0.4, -0.2) is 66.0 Å². The summed E-state index contributed by atoms with van der Waals surface area (Å²) in [7, 11) is 1.68. The van der Waals surface area contributed by atoms with Crippen molar-refractivity contribution in [2.24, 2.45) is 11.3 Å². The summed E-state index contributed by atoms with van der Waals surface area (Å²) in [4.78, 5) is 38.0. The second-order valence-electron chi connectivity index (χ2n) is 10.1. The van der Waals surface area contributed by atoms with Gasteiger partial charge in [0.25, 0.3) is 0 Å². The number of carbonyl (C=O) groups is 2. The zero-order valence-electron chi connectivity index (χ0n) is 19.6. The van der Waals surface area contributed by atoms with Crippen LogP contribution < -0.4 is 15.5 Å². The van der Waals surface area contributed by atoms with Gasteiger partial charge in [0, 0.05) is 56.7 Å². The normalized spacial score (nSPS) is 19.6. The number of nitrogens with zero attached hydrogens (tertiary/aromatic N) is 4.